The Labute approximate surface area is 152 Å². The maximum atomic E-state index is 12.9. The van der Waals surface area contributed by atoms with E-state index in [0.29, 0.717) is 18.4 Å². The number of rotatable bonds is 6. The Balaban J connectivity index is 1.27. The molecule has 0 N–H and O–H groups in total. The average molecular weight is 352 g/mol. The van der Waals surface area contributed by atoms with Gasteiger partial charge in [0.1, 0.15) is 23.9 Å². The Morgan fingerprint density at radius 1 is 1.15 bits per heavy atom. The van der Waals surface area contributed by atoms with Crippen molar-refractivity contribution in [1.82, 2.24) is 19.9 Å². The van der Waals surface area contributed by atoms with E-state index in [1.54, 1.807) is 12.1 Å². The third-order valence-corrected chi connectivity index (χ3v) is 4.56. The van der Waals surface area contributed by atoms with Crippen molar-refractivity contribution in [2.24, 2.45) is 0 Å². The molecule has 1 saturated heterocycles. The molecule has 1 aliphatic rings. The Kier molecular flexibility index (Phi) is 4.67. The van der Waals surface area contributed by atoms with E-state index in [4.69, 9.17) is 4.74 Å². The first-order chi connectivity index (χ1) is 12.7. The molecule has 0 bridgehead atoms. The van der Waals surface area contributed by atoms with Gasteiger partial charge in [0.25, 0.3) is 0 Å². The number of aryl methyl sites for hydroxylation is 1. The van der Waals surface area contributed by atoms with E-state index in [2.05, 4.69) is 46.4 Å². The van der Waals surface area contributed by atoms with Crippen molar-refractivity contribution in [3.05, 3.63) is 77.4 Å². The minimum atomic E-state index is -0.275. The molecule has 6 heteroatoms. The van der Waals surface area contributed by atoms with Crippen LogP contribution in [-0.4, -0.2) is 33.0 Å². The second-order valence-electron chi connectivity index (χ2n) is 6.77. The van der Waals surface area contributed by atoms with Gasteiger partial charge >= 0.3 is 0 Å². The Hall–Kier alpha value is -2.73. The third kappa shape index (κ3) is 3.91. The molecule has 1 aromatic heterocycles. The standard InChI is InChI=1S/C20H21FN4O/c1-15-3-2-4-16(9-15)10-24-12-19(13-24)25-11-18(22-23-25)14-26-20-7-5-17(21)6-8-20/h2-9,11,19H,10,12-14H2,1H3. The topological polar surface area (TPSA) is 43.2 Å². The van der Waals surface area contributed by atoms with Gasteiger partial charge in [-0.1, -0.05) is 35.0 Å². The fourth-order valence-corrected chi connectivity index (χ4v) is 3.15. The highest BCUT2D eigenvalue weighted by molar-refractivity contribution is 5.23. The molecule has 0 saturated carbocycles. The minimum absolute atomic E-state index is 0.275. The number of aromatic nitrogens is 3. The van der Waals surface area contributed by atoms with Crippen LogP contribution in [-0.2, 0) is 13.2 Å². The summed E-state index contributed by atoms with van der Waals surface area (Å²) in [6, 6.07) is 14.9. The summed E-state index contributed by atoms with van der Waals surface area (Å²) >= 11 is 0. The van der Waals surface area contributed by atoms with Gasteiger partial charge in [-0.2, -0.15) is 0 Å². The molecule has 0 amide bonds. The Morgan fingerprint density at radius 3 is 2.73 bits per heavy atom. The van der Waals surface area contributed by atoms with Crippen molar-refractivity contribution < 1.29 is 9.13 Å². The summed E-state index contributed by atoms with van der Waals surface area (Å²) in [5, 5.41) is 8.39. The monoisotopic (exact) mass is 352 g/mol. The summed E-state index contributed by atoms with van der Waals surface area (Å²) in [6.45, 7) is 5.34. The van der Waals surface area contributed by atoms with Crippen molar-refractivity contribution >= 4 is 0 Å². The lowest BCUT2D eigenvalue weighted by molar-refractivity contribution is 0.0896. The van der Waals surface area contributed by atoms with Crippen molar-refractivity contribution in [2.75, 3.05) is 13.1 Å². The zero-order valence-electron chi connectivity index (χ0n) is 14.7. The molecule has 2 aromatic carbocycles. The molecule has 1 fully saturated rings. The van der Waals surface area contributed by atoms with Crippen LogP contribution in [0.15, 0.2) is 54.7 Å². The molecule has 4 rings (SSSR count). The van der Waals surface area contributed by atoms with Gasteiger partial charge in [0, 0.05) is 19.6 Å². The summed E-state index contributed by atoms with van der Waals surface area (Å²) in [5.41, 5.74) is 3.41. The summed E-state index contributed by atoms with van der Waals surface area (Å²) in [6.07, 6.45) is 1.93. The van der Waals surface area contributed by atoms with Crippen molar-refractivity contribution in [3.8, 4) is 5.75 Å². The van der Waals surface area contributed by atoms with Gasteiger partial charge < -0.3 is 4.74 Å². The van der Waals surface area contributed by atoms with Crippen LogP contribution in [0, 0.1) is 12.7 Å². The van der Waals surface area contributed by atoms with Gasteiger partial charge in [0.05, 0.1) is 12.2 Å². The Morgan fingerprint density at radius 2 is 1.96 bits per heavy atom. The van der Waals surface area contributed by atoms with Crippen LogP contribution in [0.4, 0.5) is 4.39 Å². The fourth-order valence-electron chi connectivity index (χ4n) is 3.15. The molecule has 0 atom stereocenters. The maximum Gasteiger partial charge on any atom is 0.134 e. The van der Waals surface area contributed by atoms with Gasteiger partial charge in [-0.25, -0.2) is 9.07 Å². The van der Waals surface area contributed by atoms with Crippen LogP contribution in [0.25, 0.3) is 0 Å². The third-order valence-electron chi connectivity index (χ3n) is 4.56. The quantitative estimate of drug-likeness (QED) is 0.682. The van der Waals surface area contributed by atoms with Gasteiger partial charge in [-0.15, -0.1) is 5.10 Å². The lowest BCUT2D eigenvalue weighted by atomic mass is 10.1. The van der Waals surface area contributed by atoms with Crippen LogP contribution in [0.1, 0.15) is 22.9 Å². The predicted octanol–water partition coefficient (Wildman–Crippen LogP) is 3.36. The highest BCUT2D eigenvalue weighted by Gasteiger charge is 2.29. The molecule has 26 heavy (non-hydrogen) atoms. The fraction of sp³-hybridized carbons (Fsp3) is 0.300. The first-order valence-corrected chi connectivity index (χ1v) is 8.73. The molecule has 1 aliphatic heterocycles. The first-order valence-electron chi connectivity index (χ1n) is 8.73. The second-order valence-corrected chi connectivity index (χ2v) is 6.77. The molecule has 0 spiro atoms. The lowest BCUT2D eigenvalue weighted by Gasteiger charge is -2.38. The number of ether oxygens (including phenoxy) is 1. The van der Waals surface area contributed by atoms with E-state index in [0.717, 1.165) is 25.3 Å². The van der Waals surface area contributed by atoms with Crippen molar-refractivity contribution in [1.29, 1.82) is 0 Å². The van der Waals surface area contributed by atoms with E-state index >= 15 is 0 Å². The summed E-state index contributed by atoms with van der Waals surface area (Å²) in [7, 11) is 0. The highest BCUT2D eigenvalue weighted by Crippen LogP contribution is 2.23. The summed E-state index contributed by atoms with van der Waals surface area (Å²) in [5.74, 6) is 0.345. The molecule has 0 radical (unpaired) electrons. The SMILES string of the molecule is Cc1cccc(CN2CC(n3cc(COc4ccc(F)cc4)nn3)C2)c1. The van der Waals surface area contributed by atoms with Gasteiger partial charge in [-0.3, -0.25) is 4.90 Å². The van der Waals surface area contributed by atoms with Crippen molar-refractivity contribution in [2.45, 2.75) is 26.1 Å². The molecule has 5 nitrogen and oxygen atoms in total. The molecule has 134 valence electrons. The molecular weight excluding hydrogens is 331 g/mol. The number of hydrogen-bond donors (Lipinski definition) is 0. The molecule has 0 unspecified atom stereocenters. The predicted molar refractivity (Wildman–Crippen MR) is 96.2 cm³/mol. The number of hydrogen-bond acceptors (Lipinski definition) is 4. The van der Waals surface area contributed by atoms with Crippen LogP contribution in [0.2, 0.25) is 0 Å². The Bertz CT molecular complexity index is 872. The maximum absolute atomic E-state index is 12.9. The minimum Gasteiger partial charge on any atom is -0.487 e. The smallest absolute Gasteiger partial charge is 0.134 e. The number of likely N-dealkylation sites (tertiary alicyclic amines) is 1. The number of halogens is 1. The van der Waals surface area contributed by atoms with E-state index in [9.17, 15) is 4.39 Å². The van der Waals surface area contributed by atoms with E-state index in [-0.39, 0.29) is 5.82 Å². The summed E-state index contributed by atoms with van der Waals surface area (Å²) in [4.78, 5) is 2.40. The zero-order valence-corrected chi connectivity index (χ0v) is 14.7. The molecule has 2 heterocycles. The van der Waals surface area contributed by atoms with Crippen LogP contribution >= 0.6 is 0 Å². The zero-order chi connectivity index (χ0) is 17.9. The van der Waals surface area contributed by atoms with E-state index in [1.165, 1.54) is 23.3 Å². The lowest BCUT2D eigenvalue weighted by Crippen LogP contribution is -2.47. The van der Waals surface area contributed by atoms with Gasteiger partial charge in [0.2, 0.25) is 0 Å². The highest BCUT2D eigenvalue weighted by atomic mass is 19.1. The normalized spacial score (nSPS) is 15.0. The van der Waals surface area contributed by atoms with E-state index < -0.39 is 0 Å². The average Bonchev–Trinajstić information content (AvgIpc) is 3.06. The van der Waals surface area contributed by atoms with Crippen LogP contribution in [0.5, 0.6) is 5.75 Å². The first kappa shape index (κ1) is 16.7. The molecule has 0 aliphatic carbocycles. The van der Waals surface area contributed by atoms with Gasteiger partial charge in [-0.05, 0) is 36.8 Å². The number of nitrogens with zero attached hydrogens (tertiary/aromatic N) is 4. The second kappa shape index (κ2) is 7.25. The van der Waals surface area contributed by atoms with Crippen LogP contribution in [0.3, 0.4) is 0 Å². The number of benzene rings is 2. The summed E-state index contributed by atoms with van der Waals surface area (Å²) < 4.78 is 20.4. The largest absolute Gasteiger partial charge is 0.487 e. The van der Waals surface area contributed by atoms with E-state index in [1.807, 2.05) is 10.9 Å². The van der Waals surface area contributed by atoms with Crippen LogP contribution < -0.4 is 4.74 Å². The van der Waals surface area contributed by atoms with Crippen molar-refractivity contribution in [3.63, 3.8) is 0 Å². The molecule has 3 aromatic rings. The van der Waals surface area contributed by atoms with Gasteiger partial charge in [0.15, 0.2) is 0 Å². The molecular formula is C20H21FN4O.